The lowest BCUT2D eigenvalue weighted by Gasteiger charge is -2.30. The third-order valence-electron chi connectivity index (χ3n) is 4.78. The van der Waals surface area contributed by atoms with Gasteiger partial charge in [-0.25, -0.2) is 4.98 Å². The topological polar surface area (TPSA) is 80.2 Å². The van der Waals surface area contributed by atoms with Crippen molar-refractivity contribution in [1.29, 1.82) is 0 Å². The number of rotatable bonds is 5. The number of carbonyl (C=O) groups excluding carboxylic acids is 1. The van der Waals surface area contributed by atoms with E-state index in [0.717, 1.165) is 53.0 Å². The first-order valence-electron chi connectivity index (χ1n) is 8.91. The molecule has 3 aromatic rings. The summed E-state index contributed by atoms with van der Waals surface area (Å²) in [5, 5.41) is 3.37. The molecule has 0 radical (unpaired) electrons. The summed E-state index contributed by atoms with van der Waals surface area (Å²) in [5.41, 5.74) is 4.48. The molecule has 1 fully saturated rings. The molecule has 8 heteroatoms. The number of fused-ring (bicyclic) bond motifs is 1. The standard InChI is InChI=1S/C19H21N5O2S/c1-12-8-14(5-6-15(12)26-2)21-17-16-18(27-11-20-16)23-19(22-17)24-7-3-4-13(9-24)10-25/h5-6,8,10-11,13H,3-4,7,9H2,1-2H3,(H,21,22,23). The van der Waals surface area contributed by atoms with Crippen LogP contribution < -0.4 is 15.0 Å². The van der Waals surface area contributed by atoms with Crippen molar-refractivity contribution in [2.75, 3.05) is 30.4 Å². The van der Waals surface area contributed by atoms with Gasteiger partial charge in [0.25, 0.3) is 0 Å². The zero-order chi connectivity index (χ0) is 18.8. The molecule has 1 aliphatic rings. The van der Waals surface area contributed by atoms with Gasteiger partial charge in [0, 0.05) is 24.7 Å². The predicted octanol–water partition coefficient (Wildman–Crippen LogP) is 3.56. The molecule has 1 aromatic carbocycles. The van der Waals surface area contributed by atoms with Gasteiger partial charge in [0.15, 0.2) is 10.6 Å². The first kappa shape index (κ1) is 17.7. The molecular formula is C19H21N5O2S. The Kier molecular flexibility index (Phi) is 4.89. The monoisotopic (exact) mass is 383 g/mol. The Balaban J connectivity index is 1.68. The Bertz CT molecular complexity index is 974. The Morgan fingerprint density at radius 1 is 1.37 bits per heavy atom. The summed E-state index contributed by atoms with van der Waals surface area (Å²) in [6.45, 7) is 3.52. The van der Waals surface area contributed by atoms with Gasteiger partial charge in [0.2, 0.25) is 5.95 Å². The Morgan fingerprint density at radius 3 is 3.04 bits per heavy atom. The van der Waals surface area contributed by atoms with Crippen LogP contribution in [-0.2, 0) is 4.79 Å². The molecule has 0 bridgehead atoms. The number of nitrogens with zero attached hydrogens (tertiary/aromatic N) is 4. The number of hydrogen-bond donors (Lipinski definition) is 1. The summed E-state index contributed by atoms with van der Waals surface area (Å²) in [6.07, 6.45) is 2.93. The van der Waals surface area contributed by atoms with Crippen LogP contribution >= 0.6 is 11.3 Å². The van der Waals surface area contributed by atoms with E-state index in [1.807, 2.05) is 25.1 Å². The lowest BCUT2D eigenvalue weighted by Crippen LogP contribution is -2.37. The lowest BCUT2D eigenvalue weighted by atomic mass is 10.0. The lowest BCUT2D eigenvalue weighted by molar-refractivity contribution is -0.111. The highest BCUT2D eigenvalue weighted by Gasteiger charge is 2.23. The number of anilines is 3. The molecule has 1 atom stereocenters. The SMILES string of the molecule is COc1ccc(Nc2nc(N3CCCC(C=O)C3)nc3scnc23)cc1C. The number of nitrogens with one attached hydrogen (secondary N) is 1. The highest BCUT2D eigenvalue weighted by atomic mass is 32.1. The number of aromatic nitrogens is 3. The highest BCUT2D eigenvalue weighted by molar-refractivity contribution is 7.16. The molecule has 140 valence electrons. The summed E-state index contributed by atoms with van der Waals surface area (Å²) >= 11 is 1.49. The third-order valence-corrected chi connectivity index (χ3v) is 5.50. The number of carbonyl (C=O) groups is 1. The quantitative estimate of drug-likeness (QED) is 0.675. The van der Waals surface area contributed by atoms with Gasteiger partial charge in [-0.05, 0) is 43.5 Å². The number of thiazole rings is 1. The van der Waals surface area contributed by atoms with Crippen molar-refractivity contribution in [2.24, 2.45) is 5.92 Å². The molecule has 1 saturated heterocycles. The van der Waals surface area contributed by atoms with E-state index in [2.05, 4.69) is 20.2 Å². The van der Waals surface area contributed by atoms with E-state index in [4.69, 9.17) is 9.72 Å². The van der Waals surface area contributed by atoms with E-state index in [1.54, 1.807) is 12.6 Å². The summed E-state index contributed by atoms with van der Waals surface area (Å²) in [4.78, 5) is 27.9. The first-order chi connectivity index (χ1) is 13.2. The Morgan fingerprint density at radius 2 is 2.26 bits per heavy atom. The minimum atomic E-state index is 0.0418. The van der Waals surface area contributed by atoms with E-state index >= 15 is 0 Å². The second-order valence-electron chi connectivity index (χ2n) is 6.67. The Hall–Kier alpha value is -2.74. The van der Waals surface area contributed by atoms with Crippen molar-refractivity contribution < 1.29 is 9.53 Å². The summed E-state index contributed by atoms with van der Waals surface area (Å²) in [6, 6.07) is 5.90. The zero-order valence-corrected chi connectivity index (χ0v) is 16.1. The molecule has 4 rings (SSSR count). The van der Waals surface area contributed by atoms with E-state index in [0.29, 0.717) is 18.3 Å². The highest BCUT2D eigenvalue weighted by Crippen LogP contribution is 2.30. The van der Waals surface area contributed by atoms with Gasteiger partial charge >= 0.3 is 0 Å². The molecule has 0 aliphatic carbocycles. The number of hydrogen-bond acceptors (Lipinski definition) is 8. The first-order valence-corrected chi connectivity index (χ1v) is 9.79. The number of piperidine rings is 1. The predicted molar refractivity (Wildman–Crippen MR) is 107 cm³/mol. The van der Waals surface area contributed by atoms with Gasteiger partial charge in [0.1, 0.15) is 17.6 Å². The largest absolute Gasteiger partial charge is 0.496 e. The molecule has 1 aliphatic heterocycles. The van der Waals surface area contributed by atoms with Gasteiger partial charge in [-0.3, -0.25) is 0 Å². The third kappa shape index (κ3) is 3.57. The number of aryl methyl sites for hydroxylation is 1. The second-order valence-corrected chi connectivity index (χ2v) is 7.51. The zero-order valence-electron chi connectivity index (χ0n) is 15.3. The van der Waals surface area contributed by atoms with Crippen molar-refractivity contribution in [1.82, 2.24) is 15.0 Å². The van der Waals surface area contributed by atoms with Gasteiger partial charge in [0.05, 0.1) is 12.6 Å². The van der Waals surface area contributed by atoms with E-state index in [9.17, 15) is 4.79 Å². The van der Waals surface area contributed by atoms with Gasteiger partial charge in [-0.1, -0.05) is 0 Å². The molecule has 1 unspecified atom stereocenters. The normalized spacial score (nSPS) is 17.1. The Labute approximate surface area is 161 Å². The minimum absolute atomic E-state index is 0.0418. The second kappa shape index (κ2) is 7.48. The van der Waals surface area contributed by atoms with Crippen LogP contribution in [0.25, 0.3) is 10.3 Å². The van der Waals surface area contributed by atoms with Crippen LogP contribution in [0.3, 0.4) is 0 Å². The van der Waals surface area contributed by atoms with Gasteiger partial charge < -0.3 is 19.7 Å². The molecule has 2 aromatic heterocycles. The number of aldehydes is 1. The maximum absolute atomic E-state index is 11.2. The van der Waals surface area contributed by atoms with E-state index in [-0.39, 0.29) is 5.92 Å². The maximum atomic E-state index is 11.2. The van der Waals surface area contributed by atoms with Crippen LogP contribution in [0.5, 0.6) is 5.75 Å². The van der Waals surface area contributed by atoms with Crippen LogP contribution in [-0.4, -0.2) is 41.4 Å². The molecule has 27 heavy (non-hydrogen) atoms. The minimum Gasteiger partial charge on any atom is -0.496 e. The molecule has 0 amide bonds. The van der Waals surface area contributed by atoms with E-state index < -0.39 is 0 Å². The van der Waals surface area contributed by atoms with Gasteiger partial charge in [-0.2, -0.15) is 9.97 Å². The molecule has 7 nitrogen and oxygen atoms in total. The van der Waals surface area contributed by atoms with Crippen molar-refractivity contribution in [3.63, 3.8) is 0 Å². The van der Waals surface area contributed by atoms with Crippen molar-refractivity contribution >= 4 is 45.4 Å². The van der Waals surface area contributed by atoms with Crippen LogP contribution in [0.4, 0.5) is 17.5 Å². The molecule has 3 heterocycles. The maximum Gasteiger partial charge on any atom is 0.228 e. The molecular weight excluding hydrogens is 362 g/mol. The van der Waals surface area contributed by atoms with Gasteiger partial charge in [-0.15, -0.1) is 11.3 Å². The van der Waals surface area contributed by atoms with Crippen molar-refractivity contribution in [3.05, 3.63) is 29.3 Å². The number of ether oxygens (including phenoxy) is 1. The van der Waals surface area contributed by atoms with Crippen molar-refractivity contribution in [2.45, 2.75) is 19.8 Å². The van der Waals surface area contributed by atoms with Crippen LogP contribution in [0.1, 0.15) is 18.4 Å². The fourth-order valence-electron chi connectivity index (χ4n) is 3.37. The summed E-state index contributed by atoms with van der Waals surface area (Å²) in [5.74, 6) is 2.20. The number of methoxy groups -OCH3 is 1. The molecule has 0 spiro atoms. The fraction of sp³-hybridized carbons (Fsp3) is 0.368. The molecule has 0 saturated carbocycles. The van der Waals surface area contributed by atoms with E-state index in [1.165, 1.54) is 11.3 Å². The smallest absolute Gasteiger partial charge is 0.228 e. The average molecular weight is 383 g/mol. The fourth-order valence-corrected chi connectivity index (χ4v) is 4.03. The molecule has 1 N–H and O–H groups in total. The van der Waals surface area contributed by atoms with Crippen molar-refractivity contribution in [3.8, 4) is 5.75 Å². The summed E-state index contributed by atoms with van der Waals surface area (Å²) < 4.78 is 5.33. The van der Waals surface area contributed by atoms with Crippen LogP contribution in [0.15, 0.2) is 23.7 Å². The number of benzene rings is 1. The average Bonchev–Trinajstić information content (AvgIpc) is 3.17. The summed E-state index contributed by atoms with van der Waals surface area (Å²) in [7, 11) is 1.66. The van der Waals surface area contributed by atoms with Crippen LogP contribution in [0.2, 0.25) is 0 Å². The van der Waals surface area contributed by atoms with Crippen LogP contribution in [0, 0.1) is 12.8 Å².